The Balaban J connectivity index is 4.04. The van der Waals surface area contributed by atoms with Crippen LogP contribution in [0, 0.1) is 0 Å². The van der Waals surface area contributed by atoms with Gasteiger partial charge in [0.25, 0.3) is 7.82 Å². The van der Waals surface area contributed by atoms with E-state index in [1.54, 1.807) is 6.08 Å². The fourth-order valence-corrected chi connectivity index (χ4v) is 10.9. The van der Waals surface area contributed by atoms with Gasteiger partial charge in [-0.25, -0.2) is 0 Å². The Kier molecular flexibility index (Phi) is 55.4. The summed E-state index contributed by atoms with van der Waals surface area (Å²) in [7, 11) is 1.28. The number of carbonyl (C=O) groups excluding carboxylic acids is 1. The number of nitrogens with one attached hydrogen (secondary N) is 1. The lowest BCUT2D eigenvalue weighted by molar-refractivity contribution is -0.870. The predicted molar refractivity (Wildman–Crippen MR) is 316 cm³/mol. The molecule has 3 atom stereocenters. The average Bonchev–Trinajstić information content (AvgIpc) is 3.35. The van der Waals surface area contributed by atoms with Crippen molar-refractivity contribution in [2.24, 2.45) is 0 Å². The number of phosphoric ester groups is 1. The number of carbonyl (C=O) groups is 1. The zero-order chi connectivity index (χ0) is 53.5. The number of aliphatic hydroxyl groups is 1. The van der Waals surface area contributed by atoms with Crippen LogP contribution in [0.2, 0.25) is 0 Å². The van der Waals surface area contributed by atoms with Crippen LogP contribution >= 0.6 is 7.82 Å². The lowest BCUT2D eigenvalue weighted by atomic mass is 10.0. The van der Waals surface area contributed by atoms with E-state index in [9.17, 15) is 19.4 Å². The minimum Gasteiger partial charge on any atom is -0.756 e. The van der Waals surface area contributed by atoms with Crippen molar-refractivity contribution in [3.8, 4) is 0 Å². The Morgan fingerprint density at radius 2 is 0.740 bits per heavy atom. The summed E-state index contributed by atoms with van der Waals surface area (Å²) < 4.78 is 23.4. The van der Waals surface area contributed by atoms with E-state index in [2.05, 4.69) is 19.2 Å². The van der Waals surface area contributed by atoms with E-state index in [0.717, 1.165) is 38.5 Å². The number of likely N-dealkylation sites (N-methyl/N-ethyl adjacent to an activating group) is 1. The molecule has 0 aromatic rings. The third-order valence-corrected chi connectivity index (χ3v) is 16.2. The predicted octanol–water partition coefficient (Wildman–Crippen LogP) is 19.5. The molecule has 0 aliphatic carbocycles. The molecule has 0 radical (unpaired) electrons. The third-order valence-electron chi connectivity index (χ3n) is 15.2. The SMILES string of the molecule is CCCCCCCCCCCCCCCCCCCCCCCCCCCCCCCC/C=C/C(O)C(COP(=O)([O-])OCC[N+](C)(C)C)NC(=O)CCCCCCCCCCCCCCCCCCCCC. The van der Waals surface area contributed by atoms with Crippen LogP contribution in [-0.2, 0) is 18.4 Å². The molecule has 9 heteroatoms. The van der Waals surface area contributed by atoms with Crippen LogP contribution in [0.25, 0.3) is 0 Å². The zero-order valence-electron chi connectivity index (χ0n) is 49.9. The van der Waals surface area contributed by atoms with Gasteiger partial charge < -0.3 is 28.8 Å². The fraction of sp³-hybridized carbons (Fsp3) is 0.953. The highest BCUT2D eigenvalue weighted by Crippen LogP contribution is 2.38. The first-order chi connectivity index (χ1) is 35.5. The van der Waals surface area contributed by atoms with Gasteiger partial charge in [-0.15, -0.1) is 0 Å². The number of aliphatic hydroxyl groups excluding tert-OH is 1. The van der Waals surface area contributed by atoms with Crippen LogP contribution in [0.3, 0.4) is 0 Å². The van der Waals surface area contributed by atoms with E-state index in [4.69, 9.17) is 9.05 Å². The molecule has 0 spiro atoms. The van der Waals surface area contributed by atoms with E-state index in [0.29, 0.717) is 17.4 Å². The standard InChI is InChI=1S/C64H129N2O6P/c1-6-8-10-12-14-16-18-20-22-24-26-27-28-29-30-31-32-33-34-35-36-37-38-40-41-43-45-47-49-51-53-55-57-63(67)62(61-72-73(69,70)71-60-59-66(3,4)5)65-64(68)58-56-54-52-50-48-46-44-42-39-25-23-21-19-17-15-13-11-9-7-2/h55,57,62-63,67H,6-54,56,58-61H2,1-5H3,(H-,65,68,69,70)/b57-55+. The number of unbranched alkanes of at least 4 members (excludes halogenated alkanes) is 48. The Morgan fingerprint density at radius 3 is 1.03 bits per heavy atom. The first-order valence-electron chi connectivity index (χ1n) is 32.6. The summed E-state index contributed by atoms with van der Waals surface area (Å²) in [6.45, 7) is 4.71. The number of quaternary nitrogens is 1. The van der Waals surface area contributed by atoms with Crippen molar-refractivity contribution in [2.45, 2.75) is 353 Å². The second-order valence-electron chi connectivity index (χ2n) is 23.8. The molecule has 0 aromatic carbocycles. The molecule has 0 bridgehead atoms. The third kappa shape index (κ3) is 58.8. The first-order valence-corrected chi connectivity index (χ1v) is 34.0. The van der Waals surface area contributed by atoms with Crippen LogP contribution < -0.4 is 10.2 Å². The van der Waals surface area contributed by atoms with Gasteiger partial charge in [0.05, 0.1) is 39.9 Å². The zero-order valence-corrected chi connectivity index (χ0v) is 50.8. The van der Waals surface area contributed by atoms with E-state index >= 15 is 0 Å². The maximum Gasteiger partial charge on any atom is 0.268 e. The van der Waals surface area contributed by atoms with Gasteiger partial charge in [0.15, 0.2) is 0 Å². The molecular weight excluding hydrogens is 924 g/mol. The summed E-state index contributed by atoms with van der Waals surface area (Å²) in [5, 5.41) is 13.9. The monoisotopic (exact) mass is 1050 g/mol. The highest BCUT2D eigenvalue weighted by molar-refractivity contribution is 7.45. The van der Waals surface area contributed by atoms with Gasteiger partial charge in [0.2, 0.25) is 5.91 Å². The summed E-state index contributed by atoms with van der Waals surface area (Å²) in [6, 6.07) is -0.883. The maximum absolute atomic E-state index is 13.0. The van der Waals surface area contributed by atoms with Gasteiger partial charge in [-0.05, 0) is 19.3 Å². The molecule has 0 saturated heterocycles. The van der Waals surface area contributed by atoms with Crippen LogP contribution in [0.5, 0.6) is 0 Å². The fourth-order valence-electron chi connectivity index (χ4n) is 10.2. The molecule has 0 heterocycles. The molecule has 73 heavy (non-hydrogen) atoms. The highest BCUT2D eigenvalue weighted by Gasteiger charge is 2.23. The lowest BCUT2D eigenvalue weighted by Crippen LogP contribution is -2.45. The number of amides is 1. The smallest absolute Gasteiger partial charge is 0.268 e. The van der Waals surface area contributed by atoms with Crippen molar-refractivity contribution in [3.63, 3.8) is 0 Å². The van der Waals surface area contributed by atoms with Gasteiger partial charge in [0, 0.05) is 6.42 Å². The molecule has 0 fully saturated rings. The number of rotatable bonds is 61. The Labute approximate surface area is 456 Å². The summed E-state index contributed by atoms with van der Waals surface area (Å²) in [6.07, 6.45) is 70.3. The first kappa shape index (κ1) is 72.2. The Hall–Kier alpha value is -0.760. The number of hydrogen-bond acceptors (Lipinski definition) is 6. The van der Waals surface area contributed by atoms with Gasteiger partial charge in [0.1, 0.15) is 13.2 Å². The minimum absolute atomic E-state index is 0.00284. The molecular formula is C64H129N2O6P. The number of phosphoric acid groups is 1. The summed E-state index contributed by atoms with van der Waals surface area (Å²) in [4.78, 5) is 25.5. The van der Waals surface area contributed by atoms with Crippen molar-refractivity contribution in [1.29, 1.82) is 0 Å². The van der Waals surface area contributed by atoms with Crippen LogP contribution in [0.15, 0.2) is 12.2 Å². The summed E-state index contributed by atoms with van der Waals surface area (Å²) in [5.74, 6) is -0.189. The molecule has 0 aromatic heterocycles. The summed E-state index contributed by atoms with van der Waals surface area (Å²) in [5.41, 5.74) is 0. The van der Waals surface area contributed by atoms with Crippen molar-refractivity contribution in [3.05, 3.63) is 12.2 Å². The normalized spacial score (nSPS) is 13.8. The van der Waals surface area contributed by atoms with E-state index < -0.39 is 20.0 Å². The maximum atomic E-state index is 13.0. The van der Waals surface area contributed by atoms with E-state index in [-0.39, 0.29) is 19.1 Å². The molecule has 2 N–H and O–H groups in total. The van der Waals surface area contributed by atoms with Crippen LogP contribution in [0.1, 0.15) is 341 Å². The van der Waals surface area contributed by atoms with Gasteiger partial charge in [-0.1, -0.05) is 328 Å². The van der Waals surface area contributed by atoms with Crippen LogP contribution in [0.4, 0.5) is 0 Å². The molecule has 3 unspecified atom stereocenters. The lowest BCUT2D eigenvalue weighted by Gasteiger charge is -2.29. The van der Waals surface area contributed by atoms with Gasteiger partial charge in [-0.3, -0.25) is 9.36 Å². The molecule has 0 aliphatic heterocycles. The van der Waals surface area contributed by atoms with Crippen molar-refractivity contribution < 1.29 is 32.9 Å². The second kappa shape index (κ2) is 56.0. The molecule has 436 valence electrons. The molecule has 1 amide bonds. The number of hydrogen-bond donors (Lipinski definition) is 2. The Bertz CT molecular complexity index is 1200. The minimum atomic E-state index is -4.60. The van der Waals surface area contributed by atoms with Gasteiger partial charge >= 0.3 is 0 Å². The van der Waals surface area contributed by atoms with Crippen LogP contribution in [-0.4, -0.2) is 68.5 Å². The quantitative estimate of drug-likeness (QED) is 0.0272. The second-order valence-corrected chi connectivity index (χ2v) is 25.2. The number of allylic oxidation sites excluding steroid dienone is 1. The van der Waals surface area contributed by atoms with E-state index in [1.165, 1.54) is 283 Å². The highest BCUT2D eigenvalue weighted by atomic mass is 31.2. The molecule has 0 rings (SSSR count). The number of nitrogens with zero attached hydrogens (tertiary/aromatic N) is 1. The van der Waals surface area contributed by atoms with Crippen molar-refractivity contribution in [2.75, 3.05) is 40.9 Å². The Morgan fingerprint density at radius 1 is 0.466 bits per heavy atom. The van der Waals surface area contributed by atoms with Crippen molar-refractivity contribution in [1.82, 2.24) is 5.32 Å². The molecule has 0 saturated carbocycles. The van der Waals surface area contributed by atoms with Crippen molar-refractivity contribution >= 4 is 13.7 Å². The molecule has 8 nitrogen and oxygen atoms in total. The summed E-state index contributed by atoms with van der Waals surface area (Å²) >= 11 is 0. The molecule has 0 aliphatic rings. The average molecular weight is 1050 g/mol. The van der Waals surface area contributed by atoms with E-state index in [1.807, 2.05) is 27.2 Å². The topological polar surface area (TPSA) is 108 Å². The largest absolute Gasteiger partial charge is 0.756 e. The van der Waals surface area contributed by atoms with Gasteiger partial charge in [-0.2, -0.15) is 0 Å².